The minimum Gasteiger partial charge on any atom is -0.352 e. The third-order valence-electron chi connectivity index (χ3n) is 4.74. The molecule has 2 heterocycles. The van der Waals surface area contributed by atoms with Crippen molar-refractivity contribution in [1.29, 1.82) is 0 Å². The number of hydrogen-bond acceptors (Lipinski definition) is 3. The van der Waals surface area contributed by atoms with E-state index in [1.54, 1.807) is 22.9 Å². The van der Waals surface area contributed by atoms with Crippen molar-refractivity contribution in [3.05, 3.63) is 70.1 Å². The fraction of sp³-hybridized carbons (Fsp3) is 0.400. The second-order valence-electron chi connectivity index (χ2n) is 6.78. The zero-order valence-corrected chi connectivity index (χ0v) is 15.8. The lowest BCUT2D eigenvalue weighted by Gasteiger charge is -2.27. The fourth-order valence-corrected chi connectivity index (χ4v) is 3.25. The first kappa shape index (κ1) is 20.2. The van der Waals surface area contributed by atoms with Gasteiger partial charge in [0.2, 0.25) is 5.91 Å². The molecule has 0 spiro atoms. The van der Waals surface area contributed by atoms with Gasteiger partial charge in [-0.25, -0.2) is 0 Å². The van der Waals surface area contributed by atoms with Gasteiger partial charge in [-0.15, -0.1) is 12.4 Å². The molecule has 1 aromatic heterocycles. The molecule has 0 radical (unpaired) electrons. The summed E-state index contributed by atoms with van der Waals surface area (Å²) in [7, 11) is 0. The molecule has 2 atom stereocenters. The van der Waals surface area contributed by atoms with Crippen LogP contribution in [0, 0.1) is 5.92 Å². The van der Waals surface area contributed by atoms with E-state index in [2.05, 4.69) is 17.6 Å². The van der Waals surface area contributed by atoms with E-state index in [1.165, 1.54) is 0 Å². The number of piperidine rings is 1. The van der Waals surface area contributed by atoms with Crippen LogP contribution in [0.25, 0.3) is 0 Å². The molecular weight excluding hydrogens is 350 g/mol. The molecule has 0 aliphatic carbocycles. The summed E-state index contributed by atoms with van der Waals surface area (Å²) in [5.74, 6) is 0.258. The zero-order chi connectivity index (χ0) is 17.6. The number of carbonyl (C=O) groups is 1. The topological polar surface area (TPSA) is 63.1 Å². The number of hydrogen-bond donors (Lipinski definition) is 2. The summed E-state index contributed by atoms with van der Waals surface area (Å²) in [6.07, 6.45) is 3.59. The van der Waals surface area contributed by atoms with Crippen LogP contribution in [0.3, 0.4) is 0 Å². The van der Waals surface area contributed by atoms with Crippen molar-refractivity contribution in [3.8, 4) is 0 Å². The van der Waals surface area contributed by atoms with E-state index in [-0.39, 0.29) is 29.8 Å². The highest BCUT2D eigenvalue weighted by atomic mass is 35.5. The molecule has 2 N–H and O–H groups in total. The van der Waals surface area contributed by atoms with Gasteiger partial charge in [-0.3, -0.25) is 9.59 Å². The molecule has 1 aliphatic heterocycles. The molecule has 1 saturated heterocycles. The minimum absolute atomic E-state index is 0. The first-order chi connectivity index (χ1) is 12.1. The third kappa shape index (κ3) is 5.44. The molecule has 1 amide bonds. The van der Waals surface area contributed by atoms with Gasteiger partial charge >= 0.3 is 0 Å². The average Bonchev–Trinajstić information content (AvgIpc) is 2.63. The molecule has 2 aromatic rings. The largest absolute Gasteiger partial charge is 0.352 e. The number of amides is 1. The van der Waals surface area contributed by atoms with E-state index in [0.29, 0.717) is 19.1 Å². The van der Waals surface area contributed by atoms with E-state index in [0.717, 1.165) is 30.5 Å². The molecule has 1 fully saturated rings. The maximum atomic E-state index is 12.3. The summed E-state index contributed by atoms with van der Waals surface area (Å²) in [5, 5.41) is 6.41. The highest BCUT2D eigenvalue weighted by molar-refractivity contribution is 5.85. The SMILES string of the molecule is C[C@H]1C[C@@H](C(=O)NCc2ccc(Cn3ccccc3=O)cc2)CCN1.Cl. The highest BCUT2D eigenvalue weighted by Gasteiger charge is 2.24. The number of halogens is 1. The lowest BCUT2D eigenvalue weighted by atomic mass is 9.92. The normalized spacial score (nSPS) is 19.4. The maximum Gasteiger partial charge on any atom is 0.250 e. The van der Waals surface area contributed by atoms with Crippen molar-refractivity contribution < 1.29 is 4.79 Å². The first-order valence-corrected chi connectivity index (χ1v) is 8.86. The molecule has 0 bridgehead atoms. The van der Waals surface area contributed by atoms with Crippen LogP contribution in [0.2, 0.25) is 0 Å². The monoisotopic (exact) mass is 375 g/mol. The smallest absolute Gasteiger partial charge is 0.250 e. The Kier molecular flexibility index (Phi) is 7.42. The predicted molar refractivity (Wildman–Crippen MR) is 106 cm³/mol. The number of rotatable bonds is 5. The Bertz CT molecular complexity index is 773. The van der Waals surface area contributed by atoms with Gasteiger partial charge in [-0.05, 0) is 43.5 Å². The molecule has 1 aliphatic rings. The Hall–Kier alpha value is -2.11. The number of benzene rings is 1. The number of aromatic nitrogens is 1. The van der Waals surface area contributed by atoms with E-state index >= 15 is 0 Å². The minimum atomic E-state index is -0.00459. The number of nitrogens with zero attached hydrogens (tertiary/aromatic N) is 1. The van der Waals surface area contributed by atoms with E-state index < -0.39 is 0 Å². The van der Waals surface area contributed by atoms with Gasteiger partial charge in [0, 0.05) is 30.8 Å². The molecule has 0 saturated carbocycles. The predicted octanol–water partition coefficient (Wildman–Crippen LogP) is 2.32. The van der Waals surface area contributed by atoms with Gasteiger partial charge in [0.05, 0.1) is 6.54 Å². The summed E-state index contributed by atoms with van der Waals surface area (Å²) in [6.45, 7) is 4.13. The van der Waals surface area contributed by atoms with Crippen molar-refractivity contribution in [2.75, 3.05) is 6.54 Å². The van der Waals surface area contributed by atoms with Crippen LogP contribution in [0.15, 0.2) is 53.5 Å². The first-order valence-electron chi connectivity index (χ1n) is 8.86. The van der Waals surface area contributed by atoms with E-state index in [1.807, 2.05) is 30.3 Å². The van der Waals surface area contributed by atoms with Crippen LogP contribution in [0.4, 0.5) is 0 Å². The zero-order valence-electron chi connectivity index (χ0n) is 15.0. The molecule has 3 rings (SSSR count). The van der Waals surface area contributed by atoms with Gasteiger partial charge in [-0.1, -0.05) is 30.3 Å². The molecule has 6 heteroatoms. The van der Waals surface area contributed by atoms with Gasteiger partial charge < -0.3 is 15.2 Å². The van der Waals surface area contributed by atoms with Gasteiger partial charge in [0.1, 0.15) is 0 Å². The third-order valence-corrected chi connectivity index (χ3v) is 4.74. The van der Waals surface area contributed by atoms with E-state index in [4.69, 9.17) is 0 Å². The summed E-state index contributed by atoms with van der Waals surface area (Å²) in [4.78, 5) is 24.0. The summed E-state index contributed by atoms with van der Waals surface area (Å²) in [6, 6.07) is 13.6. The van der Waals surface area contributed by atoms with Crippen LogP contribution < -0.4 is 16.2 Å². The summed E-state index contributed by atoms with van der Waals surface area (Å²) < 4.78 is 1.68. The van der Waals surface area contributed by atoms with Crippen molar-refractivity contribution in [2.24, 2.45) is 5.92 Å². The Morgan fingerprint density at radius 3 is 2.62 bits per heavy atom. The van der Waals surface area contributed by atoms with Crippen molar-refractivity contribution in [3.63, 3.8) is 0 Å². The Balaban J connectivity index is 0.00000243. The lowest BCUT2D eigenvalue weighted by molar-refractivity contribution is -0.126. The fourth-order valence-electron chi connectivity index (χ4n) is 3.25. The molecule has 5 nitrogen and oxygen atoms in total. The molecular formula is C20H26ClN3O2. The molecule has 140 valence electrons. The Morgan fingerprint density at radius 1 is 1.19 bits per heavy atom. The van der Waals surface area contributed by atoms with Crippen molar-refractivity contribution in [1.82, 2.24) is 15.2 Å². The van der Waals surface area contributed by atoms with Crippen LogP contribution in [0.1, 0.15) is 30.9 Å². The van der Waals surface area contributed by atoms with Crippen LogP contribution >= 0.6 is 12.4 Å². The molecule has 1 aromatic carbocycles. The van der Waals surface area contributed by atoms with Gasteiger partial charge in [0.25, 0.3) is 5.56 Å². The Labute approximate surface area is 160 Å². The van der Waals surface area contributed by atoms with Crippen molar-refractivity contribution >= 4 is 18.3 Å². The summed E-state index contributed by atoms with van der Waals surface area (Å²) >= 11 is 0. The van der Waals surface area contributed by atoms with Crippen LogP contribution in [-0.4, -0.2) is 23.1 Å². The second kappa shape index (κ2) is 9.55. The standard InChI is InChI=1S/C20H25N3O2.ClH/c1-15-12-18(9-10-21-15)20(25)22-13-16-5-7-17(8-6-16)14-23-11-3-2-4-19(23)24;/h2-8,11,15,18,21H,9-10,12-14H2,1H3,(H,22,25);1H/t15-,18-;/m0./s1. The number of pyridine rings is 1. The molecule has 26 heavy (non-hydrogen) atoms. The second-order valence-corrected chi connectivity index (χ2v) is 6.78. The highest BCUT2D eigenvalue weighted by Crippen LogP contribution is 2.16. The quantitative estimate of drug-likeness (QED) is 0.843. The lowest BCUT2D eigenvalue weighted by Crippen LogP contribution is -2.42. The Morgan fingerprint density at radius 2 is 1.92 bits per heavy atom. The van der Waals surface area contributed by atoms with Gasteiger partial charge in [0.15, 0.2) is 0 Å². The average molecular weight is 376 g/mol. The number of nitrogens with one attached hydrogen (secondary N) is 2. The van der Waals surface area contributed by atoms with E-state index in [9.17, 15) is 9.59 Å². The molecule has 0 unspecified atom stereocenters. The van der Waals surface area contributed by atoms with Crippen molar-refractivity contribution in [2.45, 2.75) is 38.9 Å². The maximum absolute atomic E-state index is 12.3. The summed E-state index contributed by atoms with van der Waals surface area (Å²) in [5.41, 5.74) is 2.13. The van der Waals surface area contributed by atoms with Crippen LogP contribution in [0.5, 0.6) is 0 Å². The van der Waals surface area contributed by atoms with Gasteiger partial charge in [-0.2, -0.15) is 0 Å². The van der Waals surface area contributed by atoms with Crippen LogP contribution in [-0.2, 0) is 17.9 Å². The number of carbonyl (C=O) groups excluding carboxylic acids is 1.